The number of carbonyl (C=O) groups is 1. The molecule has 10 heteroatoms. The van der Waals surface area contributed by atoms with E-state index in [4.69, 9.17) is 0 Å². The van der Waals surface area contributed by atoms with Crippen molar-refractivity contribution in [3.05, 3.63) is 71.9 Å². The molecule has 1 atom stereocenters. The zero-order valence-corrected chi connectivity index (χ0v) is 16.9. The molecule has 7 nitrogen and oxygen atoms in total. The van der Waals surface area contributed by atoms with Gasteiger partial charge in [0.2, 0.25) is 0 Å². The van der Waals surface area contributed by atoms with Gasteiger partial charge in [-0.05, 0) is 36.6 Å². The van der Waals surface area contributed by atoms with Crippen molar-refractivity contribution in [2.24, 2.45) is 0 Å². The van der Waals surface area contributed by atoms with Crippen LogP contribution in [0.3, 0.4) is 0 Å². The molecule has 0 spiro atoms. The number of aromatic nitrogens is 5. The predicted octanol–water partition coefficient (Wildman–Crippen LogP) is 4.16. The van der Waals surface area contributed by atoms with E-state index in [1.165, 1.54) is 0 Å². The maximum Gasteiger partial charge on any atom is 0.433 e. The molecular weight excluding hydrogens is 421 g/mol. The van der Waals surface area contributed by atoms with Crippen LogP contribution < -0.4 is 0 Å². The third kappa shape index (κ3) is 3.72. The number of halogens is 3. The summed E-state index contributed by atoms with van der Waals surface area (Å²) in [7, 11) is 0. The molecule has 0 bridgehead atoms. The SMILES string of the molecule is O=C(c1ccc(-c2ccccc2)[nH]1)N1CCCC(c2cc(C(F)(F)F)n3ncnc3n2)C1. The van der Waals surface area contributed by atoms with Gasteiger partial charge in [-0.2, -0.15) is 27.8 Å². The van der Waals surface area contributed by atoms with E-state index in [-0.39, 0.29) is 29.8 Å². The Balaban J connectivity index is 1.39. The van der Waals surface area contributed by atoms with E-state index in [1.807, 2.05) is 36.4 Å². The number of amides is 1. The predicted molar refractivity (Wildman–Crippen MR) is 110 cm³/mol. The van der Waals surface area contributed by atoms with Gasteiger partial charge in [-0.1, -0.05) is 30.3 Å². The van der Waals surface area contributed by atoms with Gasteiger partial charge >= 0.3 is 6.18 Å². The van der Waals surface area contributed by atoms with Crippen LogP contribution in [0.2, 0.25) is 0 Å². The number of aromatic amines is 1. The van der Waals surface area contributed by atoms with Crippen molar-refractivity contribution in [3.8, 4) is 11.3 Å². The Morgan fingerprint density at radius 2 is 1.94 bits per heavy atom. The van der Waals surface area contributed by atoms with E-state index in [2.05, 4.69) is 20.1 Å². The standard InChI is InChI=1S/C22H19F3N6O/c23-22(24,25)19-11-18(29-21-26-13-27-31(19)21)15-7-4-10-30(12-15)20(32)17-9-8-16(28-17)14-5-2-1-3-6-14/h1-3,5-6,8-9,11,13,15,28H,4,7,10,12H2. The van der Waals surface area contributed by atoms with Gasteiger partial charge in [0.25, 0.3) is 11.7 Å². The van der Waals surface area contributed by atoms with Gasteiger partial charge in [-0.25, -0.2) is 4.98 Å². The van der Waals surface area contributed by atoms with Crippen LogP contribution in [0, 0.1) is 0 Å². The Bertz CT molecular complexity index is 1260. The van der Waals surface area contributed by atoms with Crippen LogP contribution in [0.4, 0.5) is 13.2 Å². The molecule has 1 N–H and O–H groups in total. The molecular formula is C22H19F3N6O. The van der Waals surface area contributed by atoms with Gasteiger partial charge < -0.3 is 9.88 Å². The number of benzene rings is 1. The minimum absolute atomic E-state index is 0.102. The van der Waals surface area contributed by atoms with Crippen molar-refractivity contribution in [2.75, 3.05) is 13.1 Å². The van der Waals surface area contributed by atoms with E-state index >= 15 is 0 Å². The minimum Gasteiger partial charge on any atom is -0.351 e. The highest BCUT2D eigenvalue weighted by atomic mass is 19.4. The molecule has 1 aliphatic rings. The number of rotatable bonds is 3. The lowest BCUT2D eigenvalue weighted by molar-refractivity contribution is -0.142. The van der Waals surface area contributed by atoms with Gasteiger partial charge in [0.15, 0.2) is 5.69 Å². The highest BCUT2D eigenvalue weighted by molar-refractivity contribution is 5.93. The Morgan fingerprint density at radius 1 is 1.12 bits per heavy atom. The molecule has 1 amide bonds. The number of likely N-dealkylation sites (tertiary alicyclic amines) is 1. The first kappa shape index (κ1) is 20.2. The fraction of sp³-hybridized carbons (Fsp3) is 0.273. The lowest BCUT2D eigenvalue weighted by Gasteiger charge is -2.32. The summed E-state index contributed by atoms with van der Waals surface area (Å²) in [5.74, 6) is -0.606. The van der Waals surface area contributed by atoms with Crippen LogP contribution in [0.1, 0.15) is 40.6 Å². The lowest BCUT2D eigenvalue weighted by Crippen LogP contribution is -2.39. The van der Waals surface area contributed by atoms with Crippen molar-refractivity contribution >= 4 is 11.7 Å². The third-order valence-corrected chi connectivity index (χ3v) is 5.69. The molecule has 4 aromatic rings. The average Bonchev–Trinajstić information content (AvgIpc) is 3.48. The second-order valence-corrected chi connectivity index (χ2v) is 7.78. The number of alkyl halides is 3. The summed E-state index contributed by atoms with van der Waals surface area (Å²) >= 11 is 0. The third-order valence-electron chi connectivity index (χ3n) is 5.69. The smallest absolute Gasteiger partial charge is 0.351 e. The van der Waals surface area contributed by atoms with E-state index in [1.54, 1.807) is 11.0 Å². The maximum atomic E-state index is 13.5. The molecule has 1 unspecified atom stereocenters. The average molecular weight is 440 g/mol. The summed E-state index contributed by atoms with van der Waals surface area (Å²) in [6.07, 6.45) is -2.23. The summed E-state index contributed by atoms with van der Waals surface area (Å²) in [5, 5.41) is 3.64. The molecule has 0 saturated carbocycles. The van der Waals surface area contributed by atoms with Crippen molar-refractivity contribution in [2.45, 2.75) is 24.9 Å². The highest BCUT2D eigenvalue weighted by Crippen LogP contribution is 2.33. The van der Waals surface area contributed by atoms with Crippen molar-refractivity contribution in [3.63, 3.8) is 0 Å². The molecule has 4 heterocycles. The second-order valence-electron chi connectivity index (χ2n) is 7.78. The molecule has 1 aromatic carbocycles. The zero-order chi connectivity index (χ0) is 22.3. The lowest BCUT2D eigenvalue weighted by atomic mass is 9.94. The van der Waals surface area contributed by atoms with Crippen LogP contribution >= 0.6 is 0 Å². The van der Waals surface area contributed by atoms with Gasteiger partial charge in [0.05, 0.1) is 5.69 Å². The largest absolute Gasteiger partial charge is 0.433 e. The molecule has 5 rings (SSSR count). The molecule has 0 radical (unpaired) electrons. The fourth-order valence-electron chi connectivity index (χ4n) is 4.12. The Hall–Kier alpha value is -3.69. The number of H-pyrrole nitrogens is 1. The van der Waals surface area contributed by atoms with Crippen LogP contribution in [0.15, 0.2) is 54.9 Å². The Labute approximate surface area is 180 Å². The number of hydrogen-bond donors (Lipinski definition) is 1. The number of carbonyl (C=O) groups excluding carboxylic acids is 1. The van der Waals surface area contributed by atoms with Crippen molar-refractivity contribution in [1.29, 1.82) is 0 Å². The Morgan fingerprint density at radius 3 is 2.72 bits per heavy atom. The van der Waals surface area contributed by atoms with Crippen LogP contribution in [0.5, 0.6) is 0 Å². The monoisotopic (exact) mass is 440 g/mol. The van der Waals surface area contributed by atoms with E-state index < -0.39 is 11.9 Å². The number of hydrogen-bond acceptors (Lipinski definition) is 4. The zero-order valence-electron chi connectivity index (χ0n) is 16.9. The number of nitrogens with one attached hydrogen (secondary N) is 1. The topological polar surface area (TPSA) is 79.2 Å². The van der Waals surface area contributed by atoms with Gasteiger partial charge in [0, 0.05) is 24.7 Å². The first-order valence-electron chi connectivity index (χ1n) is 10.2. The summed E-state index contributed by atoms with van der Waals surface area (Å²) in [4.78, 5) is 26.0. The summed E-state index contributed by atoms with van der Waals surface area (Å²) in [6, 6.07) is 14.2. The second kappa shape index (κ2) is 7.77. The molecule has 32 heavy (non-hydrogen) atoms. The number of piperidine rings is 1. The Kier molecular flexibility index (Phi) is 4.91. The summed E-state index contributed by atoms with van der Waals surface area (Å²) in [6.45, 7) is 0.821. The van der Waals surface area contributed by atoms with Crippen LogP contribution in [-0.2, 0) is 6.18 Å². The van der Waals surface area contributed by atoms with Gasteiger partial charge in [-0.3, -0.25) is 4.79 Å². The number of nitrogens with zero attached hydrogens (tertiary/aromatic N) is 5. The van der Waals surface area contributed by atoms with E-state index in [9.17, 15) is 18.0 Å². The molecule has 1 saturated heterocycles. The normalized spacial score (nSPS) is 17.1. The van der Waals surface area contributed by atoms with Gasteiger partial charge in [-0.15, -0.1) is 0 Å². The van der Waals surface area contributed by atoms with Crippen molar-refractivity contribution in [1.82, 2.24) is 29.5 Å². The molecule has 164 valence electrons. The van der Waals surface area contributed by atoms with E-state index in [0.29, 0.717) is 29.6 Å². The molecule has 1 aliphatic heterocycles. The first-order valence-corrected chi connectivity index (χ1v) is 10.2. The maximum absolute atomic E-state index is 13.5. The minimum atomic E-state index is -4.59. The quantitative estimate of drug-likeness (QED) is 0.519. The molecule has 1 fully saturated rings. The van der Waals surface area contributed by atoms with Crippen LogP contribution in [0.25, 0.3) is 17.0 Å². The van der Waals surface area contributed by atoms with Crippen LogP contribution in [-0.4, -0.2) is 48.5 Å². The van der Waals surface area contributed by atoms with Crippen molar-refractivity contribution < 1.29 is 18.0 Å². The van der Waals surface area contributed by atoms with Gasteiger partial charge in [0.1, 0.15) is 12.0 Å². The highest BCUT2D eigenvalue weighted by Gasteiger charge is 2.36. The number of fused-ring (bicyclic) bond motifs is 1. The summed E-state index contributed by atoms with van der Waals surface area (Å²) < 4.78 is 41.3. The summed E-state index contributed by atoms with van der Waals surface area (Å²) in [5.41, 5.74) is 1.59. The molecule has 3 aromatic heterocycles. The van der Waals surface area contributed by atoms with E-state index in [0.717, 1.165) is 23.7 Å². The first-order chi connectivity index (χ1) is 15.4. The fourth-order valence-corrected chi connectivity index (χ4v) is 4.12. The molecule has 0 aliphatic carbocycles.